The Kier molecular flexibility index (Phi) is 5.82. The number of ether oxygens (including phenoxy) is 2. The van der Waals surface area contributed by atoms with E-state index in [-0.39, 0.29) is 29.5 Å². The van der Waals surface area contributed by atoms with E-state index in [9.17, 15) is 18.0 Å². The van der Waals surface area contributed by atoms with Crippen LogP contribution in [0, 0.1) is 0 Å². The van der Waals surface area contributed by atoms with Gasteiger partial charge in [-0.05, 0) is 47.4 Å². The molecule has 6 nitrogen and oxygen atoms in total. The number of nitrogens with zero attached hydrogens (tertiary/aromatic N) is 2. The van der Waals surface area contributed by atoms with Crippen molar-refractivity contribution in [1.82, 2.24) is 10.1 Å². The number of hydrogen-bond donors (Lipinski definition) is 0. The molecule has 3 aromatic rings. The molecule has 0 atom stereocenters. The third kappa shape index (κ3) is 5.59. The summed E-state index contributed by atoms with van der Waals surface area (Å²) in [5.74, 6) is -0.695. The minimum atomic E-state index is -4.77. The molecule has 1 heterocycles. The second-order valence-corrected chi connectivity index (χ2v) is 7.49. The summed E-state index contributed by atoms with van der Waals surface area (Å²) in [7, 11) is 0. The Morgan fingerprint density at radius 1 is 1.00 bits per heavy atom. The van der Waals surface area contributed by atoms with Gasteiger partial charge in [-0.15, -0.1) is 13.2 Å². The van der Waals surface area contributed by atoms with E-state index in [2.05, 4.69) is 35.6 Å². The molecule has 0 amide bonds. The number of aromatic nitrogens is 2. The highest BCUT2D eigenvalue weighted by Crippen LogP contribution is 2.26. The summed E-state index contributed by atoms with van der Waals surface area (Å²) in [4.78, 5) is 16.3. The van der Waals surface area contributed by atoms with Gasteiger partial charge in [0, 0.05) is 5.56 Å². The lowest BCUT2D eigenvalue weighted by molar-refractivity contribution is -0.274. The van der Waals surface area contributed by atoms with E-state index in [4.69, 9.17) is 9.26 Å². The normalized spacial score (nSPS) is 11.9. The van der Waals surface area contributed by atoms with Crippen LogP contribution in [-0.4, -0.2) is 22.5 Å². The maximum atomic E-state index is 12.2. The second kappa shape index (κ2) is 8.17. The zero-order valence-electron chi connectivity index (χ0n) is 16.5. The maximum absolute atomic E-state index is 12.2. The molecule has 0 radical (unpaired) electrons. The average Bonchev–Trinajstić information content (AvgIpc) is 3.14. The summed E-state index contributed by atoms with van der Waals surface area (Å²) >= 11 is 0. The van der Waals surface area contributed by atoms with Crippen LogP contribution in [0.1, 0.15) is 42.6 Å². The van der Waals surface area contributed by atoms with Crippen molar-refractivity contribution in [1.29, 1.82) is 0 Å². The summed E-state index contributed by atoms with van der Waals surface area (Å²) in [6.45, 7) is 5.99. The summed E-state index contributed by atoms with van der Waals surface area (Å²) < 4.78 is 50.6. The molecular weight excluding hydrogens is 401 g/mol. The number of carbonyl (C=O) groups excluding carboxylic acids is 1. The van der Waals surface area contributed by atoms with Crippen LogP contribution in [0.5, 0.6) is 5.75 Å². The van der Waals surface area contributed by atoms with Crippen LogP contribution >= 0.6 is 0 Å². The second-order valence-electron chi connectivity index (χ2n) is 7.49. The lowest BCUT2D eigenvalue weighted by Gasteiger charge is -2.18. The molecule has 0 bridgehead atoms. The van der Waals surface area contributed by atoms with Gasteiger partial charge in [-0.1, -0.05) is 38.1 Å². The van der Waals surface area contributed by atoms with Crippen molar-refractivity contribution in [3.05, 3.63) is 65.5 Å². The highest BCUT2D eigenvalue weighted by atomic mass is 19.4. The van der Waals surface area contributed by atoms with Crippen molar-refractivity contribution in [3.63, 3.8) is 0 Å². The predicted molar refractivity (Wildman–Crippen MR) is 101 cm³/mol. The molecule has 0 aliphatic rings. The minimum Gasteiger partial charge on any atom is -0.452 e. The molecular formula is C21H19F3N2O4. The molecule has 0 saturated heterocycles. The van der Waals surface area contributed by atoms with Gasteiger partial charge in [0.25, 0.3) is 5.89 Å². The Bertz CT molecular complexity index is 1000. The molecule has 0 unspecified atom stereocenters. The molecule has 30 heavy (non-hydrogen) atoms. The summed E-state index contributed by atoms with van der Waals surface area (Å²) in [6, 6.07) is 12.1. The number of rotatable bonds is 5. The van der Waals surface area contributed by atoms with E-state index >= 15 is 0 Å². The quantitative estimate of drug-likeness (QED) is 0.522. The predicted octanol–water partition coefficient (Wildman–Crippen LogP) is 5.29. The van der Waals surface area contributed by atoms with E-state index in [1.807, 2.05) is 12.1 Å². The van der Waals surface area contributed by atoms with Crippen LogP contribution in [0.3, 0.4) is 0 Å². The standard InChI is InChI=1S/C21H19F3N2O4/c1-20(2,3)15-8-4-14(5-9-15)19(27)28-12-17-25-18(26-30-17)13-6-10-16(11-7-13)29-21(22,23)24/h4-11H,12H2,1-3H3. The minimum absolute atomic E-state index is 0.0281. The van der Waals surface area contributed by atoms with E-state index < -0.39 is 12.3 Å². The topological polar surface area (TPSA) is 74.5 Å². The third-order valence-corrected chi connectivity index (χ3v) is 4.13. The Hall–Kier alpha value is -3.36. The first-order chi connectivity index (χ1) is 14.0. The largest absolute Gasteiger partial charge is 0.573 e. The fourth-order valence-electron chi connectivity index (χ4n) is 2.55. The molecule has 0 aliphatic heterocycles. The Morgan fingerprint density at radius 3 is 2.20 bits per heavy atom. The number of esters is 1. The van der Waals surface area contributed by atoms with Crippen LogP contribution < -0.4 is 4.74 Å². The van der Waals surface area contributed by atoms with Crippen LogP contribution in [0.4, 0.5) is 13.2 Å². The van der Waals surface area contributed by atoms with E-state index in [0.29, 0.717) is 11.1 Å². The van der Waals surface area contributed by atoms with Crippen molar-refractivity contribution >= 4 is 5.97 Å². The van der Waals surface area contributed by atoms with E-state index in [0.717, 1.165) is 17.7 Å². The van der Waals surface area contributed by atoms with Crippen LogP contribution in [-0.2, 0) is 16.8 Å². The number of alkyl halides is 3. The van der Waals surface area contributed by atoms with Crippen molar-refractivity contribution in [2.24, 2.45) is 0 Å². The molecule has 2 aromatic carbocycles. The highest BCUT2D eigenvalue weighted by molar-refractivity contribution is 5.89. The Morgan fingerprint density at radius 2 is 1.63 bits per heavy atom. The molecule has 9 heteroatoms. The molecule has 0 spiro atoms. The van der Waals surface area contributed by atoms with E-state index in [1.54, 1.807) is 12.1 Å². The smallest absolute Gasteiger partial charge is 0.452 e. The molecule has 0 N–H and O–H groups in total. The SMILES string of the molecule is CC(C)(C)c1ccc(C(=O)OCc2nc(-c3ccc(OC(F)(F)F)cc3)no2)cc1. The molecule has 0 saturated carbocycles. The zero-order valence-corrected chi connectivity index (χ0v) is 16.5. The lowest BCUT2D eigenvalue weighted by atomic mass is 9.87. The number of hydrogen-bond acceptors (Lipinski definition) is 6. The average molecular weight is 420 g/mol. The Balaban J connectivity index is 1.60. The zero-order chi connectivity index (χ0) is 21.9. The van der Waals surface area contributed by atoms with Gasteiger partial charge in [-0.25, -0.2) is 4.79 Å². The van der Waals surface area contributed by atoms with E-state index in [1.165, 1.54) is 12.1 Å². The first-order valence-electron chi connectivity index (χ1n) is 8.98. The third-order valence-electron chi connectivity index (χ3n) is 4.13. The first-order valence-corrected chi connectivity index (χ1v) is 8.98. The monoisotopic (exact) mass is 420 g/mol. The molecule has 1 aromatic heterocycles. The summed E-state index contributed by atoms with van der Waals surface area (Å²) in [5, 5.41) is 3.74. The van der Waals surface area contributed by atoms with Gasteiger partial charge in [0.1, 0.15) is 5.75 Å². The van der Waals surface area contributed by atoms with Crippen LogP contribution in [0.25, 0.3) is 11.4 Å². The maximum Gasteiger partial charge on any atom is 0.573 e. The van der Waals surface area contributed by atoms with Crippen molar-refractivity contribution in [2.45, 2.75) is 39.2 Å². The fourth-order valence-corrected chi connectivity index (χ4v) is 2.55. The Labute approximate surface area is 170 Å². The van der Waals surface area contributed by atoms with Gasteiger partial charge in [-0.3, -0.25) is 0 Å². The van der Waals surface area contributed by atoms with Gasteiger partial charge in [-0.2, -0.15) is 4.98 Å². The van der Waals surface area contributed by atoms with Crippen LogP contribution in [0.15, 0.2) is 53.1 Å². The molecule has 158 valence electrons. The van der Waals surface area contributed by atoms with Crippen molar-refractivity contribution < 1.29 is 32.0 Å². The van der Waals surface area contributed by atoms with Gasteiger partial charge >= 0.3 is 12.3 Å². The molecule has 3 rings (SSSR count). The fraction of sp³-hybridized carbons (Fsp3) is 0.286. The summed E-state index contributed by atoms with van der Waals surface area (Å²) in [5.41, 5.74) is 1.87. The van der Waals surface area contributed by atoms with Gasteiger partial charge < -0.3 is 14.0 Å². The van der Waals surface area contributed by atoms with Gasteiger partial charge in [0.15, 0.2) is 6.61 Å². The van der Waals surface area contributed by atoms with Crippen molar-refractivity contribution in [3.8, 4) is 17.1 Å². The first kappa shape index (κ1) is 21.4. The van der Waals surface area contributed by atoms with Gasteiger partial charge in [0.2, 0.25) is 5.82 Å². The lowest BCUT2D eigenvalue weighted by Crippen LogP contribution is -2.16. The summed E-state index contributed by atoms with van der Waals surface area (Å²) in [6.07, 6.45) is -4.77. The number of carbonyl (C=O) groups is 1. The number of halogens is 3. The highest BCUT2D eigenvalue weighted by Gasteiger charge is 2.31. The van der Waals surface area contributed by atoms with Crippen molar-refractivity contribution in [2.75, 3.05) is 0 Å². The molecule has 0 fully saturated rings. The van der Waals surface area contributed by atoms with Gasteiger partial charge in [0.05, 0.1) is 5.56 Å². The molecule has 0 aliphatic carbocycles. The number of benzene rings is 2. The van der Waals surface area contributed by atoms with Crippen LogP contribution in [0.2, 0.25) is 0 Å².